The van der Waals surface area contributed by atoms with Gasteiger partial charge in [-0.15, -0.1) is 0 Å². The van der Waals surface area contributed by atoms with Gasteiger partial charge in [0.15, 0.2) is 0 Å². The predicted octanol–water partition coefficient (Wildman–Crippen LogP) is 3.22. The molecule has 0 spiro atoms. The topological polar surface area (TPSA) is 24.9 Å². The minimum atomic E-state index is -0.425. The molecule has 19 heavy (non-hydrogen) atoms. The number of fused-ring (bicyclic) bond motifs is 3. The molecule has 96 valence electrons. The van der Waals surface area contributed by atoms with Gasteiger partial charge in [-0.1, -0.05) is 30.3 Å². The summed E-state index contributed by atoms with van der Waals surface area (Å²) in [6.07, 6.45) is 1.20. The highest BCUT2D eigenvalue weighted by atomic mass is 19.1. The largest absolute Gasteiger partial charge is 0.370 e. The van der Waals surface area contributed by atoms with E-state index in [1.807, 2.05) is 6.07 Å². The third kappa shape index (κ3) is 1.81. The fraction of sp³-hybridized carbons (Fsp3) is 0.312. The van der Waals surface area contributed by atoms with Gasteiger partial charge in [-0.2, -0.15) is 4.39 Å². The molecule has 0 aliphatic heterocycles. The monoisotopic (exact) mass is 254 g/mol. The lowest BCUT2D eigenvalue weighted by atomic mass is 10.0. The van der Waals surface area contributed by atoms with Crippen LogP contribution in [0.2, 0.25) is 0 Å². The molecule has 3 heteroatoms. The number of halogens is 1. The van der Waals surface area contributed by atoms with Crippen LogP contribution in [-0.2, 0) is 6.42 Å². The third-order valence-electron chi connectivity index (χ3n) is 4.44. The van der Waals surface area contributed by atoms with E-state index in [2.05, 4.69) is 34.6 Å². The lowest BCUT2D eigenvalue weighted by Crippen LogP contribution is -2.09. The first-order valence-corrected chi connectivity index (χ1v) is 6.77. The molecule has 3 atom stereocenters. The summed E-state index contributed by atoms with van der Waals surface area (Å²) in [6.45, 7) is 0.889. The fourth-order valence-electron chi connectivity index (χ4n) is 3.49. The highest BCUT2D eigenvalue weighted by Crippen LogP contribution is 2.61. The van der Waals surface area contributed by atoms with E-state index in [4.69, 9.17) is 0 Å². The van der Waals surface area contributed by atoms with E-state index < -0.39 is 5.95 Å². The zero-order valence-electron chi connectivity index (χ0n) is 10.5. The summed E-state index contributed by atoms with van der Waals surface area (Å²) in [7, 11) is 0. The second-order valence-electron chi connectivity index (χ2n) is 5.48. The van der Waals surface area contributed by atoms with E-state index in [0.717, 1.165) is 12.5 Å². The lowest BCUT2D eigenvalue weighted by Gasteiger charge is -2.09. The number of nitrogens with one attached hydrogen (secondary N) is 1. The first-order valence-electron chi connectivity index (χ1n) is 6.77. The van der Waals surface area contributed by atoms with Crippen LogP contribution in [0.5, 0.6) is 0 Å². The van der Waals surface area contributed by atoms with Crippen molar-refractivity contribution < 1.29 is 4.39 Å². The number of aromatic nitrogens is 1. The smallest absolute Gasteiger partial charge is 0.214 e. The van der Waals surface area contributed by atoms with Gasteiger partial charge >= 0.3 is 0 Å². The van der Waals surface area contributed by atoms with Gasteiger partial charge in [0.1, 0.15) is 5.82 Å². The van der Waals surface area contributed by atoms with Crippen LogP contribution < -0.4 is 5.32 Å². The van der Waals surface area contributed by atoms with Crippen LogP contribution in [0.1, 0.15) is 17.0 Å². The Bertz CT molecular complexity index is 626. The quantitative estimate of drug-likeness (QED) is 0.851. The highest BCUT2D eigenvalue weighted by molar-refractivity contribution is 5.44. The maximum Gasteiger partial charge on any atom is 0.214 e. The Labute approximate surface area is 111 Å². The minimum absolute atomic E-state index is 0.425. The number of hydrogen-bond donors (Lipinski definition) is 1. The molecule has 2 nitrogen and oxygen atoms in total. The van der Waals surface area contributed by atoms with E-state index in [1.165, 1.54) is 23.6 Å². The van der Waals surface area contributed by atoms with Crippen LogP contribution in [0.15, 0.2) is 42.5 Å². The molecular formula is C16H15FN2. The average molecular weight is 254 g/mol. The summed E-state index contributed by atoms with van der Waals surface area (Å²) < 4.78 is 13.0. The van der Waals surface area contributed by atoms with Crippen molar-refractivity contribution in [3.63, 3.8) is 0 Å². The summed E-state index contributed by atoms with van der Waals surface area (Å²) in [5, 5.41) is 3.26. The summed E-state index contributed by atoms with van der Waals surface area (Å²) in [6, 6.07) is 13.6. The second-order valence-corrected chi connectivity index (χ2v) is 5.48. The highest BCUT2D eigenvalue weighted by Gasteiger charge is 2.54. The van der Waals surface area contributed by atoms with Crippen molar-refractivity contribution in [3.05, 3.63) is 59.5 Å². The van der Waals surface area contributed by atoms with Crippen molar-refractivity contribution in [2.45, 2.75) is 12.3 Å². The number of hydrogen-bond acceptors (Lipinski definition) is 2. The predicted molar refractivity (Wildman–Crippen MR) is 72.6 cm³/mol. The molecule has 2 aliphatic rings. The third-order valence-corrected chi connectivity index (χ3v) is 4.44. The van der Waals surface area contributed by atoms with E-state index in [0.29, 0.717) is 17.7 Å². The summed E-state index contributed by atoms with van der Waals surface area (Å²) >= 11 is 0. The molecule has 0 radical (unpaired) electrons. The molecule has 1 aromatic heterocycles. The molecule has 4 rings (SSSR count). The van der Waals surface area contributed by atoms with Crippen molar-refractivity contribution in [2.75, 3.05) is 11.9 Å². The van der Waals surface area contributed by atoms with Crippen LogP contribution in [0.25, 0.3) is 0 Å². The Kier molecular flexibility index (Phi) is 2.34. The standard InChI is InChI=1S/C16H15FN2/c17-14-6-3-7-15(19-14)18-9-13-12-8-10-4-1-2-5-11(10)16(12)13/h1-7,12-13,16H,8-9H2,(H,18,19). The maximum atomic E-state index is 13.0. The molecule has 2 aromatic rings. The molecule has 0 amide bonds. The Hall–Kier alpha value is -1.90. The average Bonchev–Trinajstić information content (AvgIpc) is 2.96. The van der Waals surface area contributed by atoms with Gasteiger partial charge in [0, 0.05) is 6.54 Å². The summed E-state index contributed by atoms with van der Waals surface area (Å²) in [4.78, 5) is 3.83. The van der Waals surface area contributed by atoms with Crippen molar-refractivity contribution >= 4 is 5.82 Å². The molecule has 1 heterocycles. The first kappa shape index (κ1) is 11.0. The van der Waals surface area contributed by atoms with Gasteiger partial charge in [-0.25, -0.2) is 4.98 Å². The lowest BCUT2D eigenvalue weighted by molar-refractivity contribution is 0.584. The first-order chi connectivity index (χ1) is 9.33. The Morgan fingerprint density at radius 3 is 2.95 bits per heavy atom. The second kappa shape index (κ2) is 4.05. The Balaban J connectivity index is 1.43. The number of anilines is 1. The van der Waals surface area contributed by atoms with Gasteiger partial charge in [0.05, 0.1) is 0 Å². The van der Waals surface area contributed by atoms with E-state index in [1.54, 1.807) is 6.07 Å². The number of nitrogens with zero attached hydrogens (tertiary/aromatic N) is 1. The van der Waals surface area contributed by atoms with Crippen molar-refractivity contribution in [1.82, 2.24) is 4.98 Å². The maximum absolute atomic E-state index is 13.0. The van der Waals surface area contributed by atoms with Gasteiger partial charge in [-0.05, 0) is 47.4 Å². The summed E-state index contributed by atoms with van der Waals surface area (Å²) in [5.74, 6) is 2.38. The normalized spacial score (nSPS) is 26.7. The minimum Gasteiger partial charge on any atom is -0.370 e. The number of rotatable bonds is 3. The van der Waals surface area contributed by atoms with Crippen LogP contribution in [0, 0.1) is 17.8 Å². The van der Waals surface area contributed by atoms with Gasteiger partial charge in [0.2, 0.25) is 5.95 Å². The molecule has 0 bridgehead atoms. The van der Waals surface area contributed by atoms with Crippen molar-refractivity contribution in [2.24, 2.45) is 11.8 Å². The molecule has 1 aromatic carbocycles. The molecule has 1 N–H and O–H groups in total. The van der Waals surface area contributed by atoms with Crippen LogP contribution >= 0.6 is 0 Å². The van der Waals surface area contributed by atoms with Crippen molar-refractivity contribution in [1.29, 1.82) is 0 Å². The number of benzene rings is 1. The van der Waals surface area contributed by atoms with E-state index in [-0.39, 0.29) is 0 Å². The molecule has 0 saturated heterocycles. The zero-order chi connectivity index (χ0) is 12.8. The fourth-order valence-corrected chi connectivity index (χ4v) is 3.49. The van der Waals surface area contributed by atoms with Gasteiger partial charge < -0.3 is 5.32 Å². The molecule has 1 saturated carbocycles. The SMILES string of the molecule is Fc1cccc(NCC2C3Cc4ccccc4C23)n1. The molecular weight excluding hydrogens is 239 g/mol. The van der Waals surface area contributed by atoms with Gasteiger partial charge in [0.25, 0.3) is 0 Å². The zero-order valence-corrected chi connectivity index (χ0v) is 10.5. The Morgan fingerprint density at radius 1 is 1.16 bits per heavy atom. The van der Waals surface area contributed by atoms with E-state index in [9.17, 15) is 4.39 Å². The molecule has 3 unspecified atom stereocenters. The van der Waals surface area contributed by atoms with Gasteiger partial charge in [-0.3, -0.25) is 0 Å². The Morgan fingerprint density at radius 2 is 2.05 bits per heavy atom. The van der Waals surface area contributed by atoms with Crippen LogP contribution in [0.3, 0.4) is 0 Å². The van der Waals surface area contributed by atoms with Crippen LogP contribution in [-0.4, -0.2) is 11.5 Å². The van der Waals surface area contributed by atoms with Crippen LogP contribution in [0.4, 0.5) is 10.2 Å². The number of pyridine rings is 1. The van der Waals surface area contributed by atoms with E-state index >= 15 is 0 Å². The molecule has 1 fully saturated rings. The summed E-state index contributed by atoms with van der Waals surface area (Å²) in [5.41, 5.74) is 3.03. The van der Waals surface area contributed by atoms with Crippen molar-refractivity contribution in [3.8, 4) is 0 Å². The molecule has 2 aliphatic carbocycles.